The van der Waals surface area contributed by atoms with Crippen LogP contribution in [-0.4, -0.2) is 40.5 Å². The molecule has 66 valence electrons. The molecule has 6 nitrogen and oxygen atoms in total. The van der Waals surface area contributed by atoms with Gasteiger partial charge in [0.25, 0.3) is 0 Å². The number of carbonyl (C=O) groups excluding carboxylic acids is 2. The summed E-state index contributed by atoms with van der Waals surface area (Å²) in [4.78, 5) is 32.9. The standard InChI is InChI=1S/C6H8N2O4/c1-3(5(10)11)8-2-4(9)7-6(8)12/h3H,2H2,1H3,(H,10,11)(H,7,9,12). The fourth-order valence-corrected chi connectivity index (χ4v) is 0.903. The number of carboxylic acid groups (broad SMARTS) is 1. The first-order valence-electron chi connectivity index (χ1n) is 3.35. The Kier molecular flexibility index (Phi) is 1.99. The minimum Gasteiger partial charge on any atom is -0.480 e. The molecule has 1 unspecified atom stereocenters. The van der Waals surface area contributed by atoms with E-state index in [0.717, 1.165) is 4.90 Å². The SMILES string of the molecule is CC(C(=O)O)N1CC(=O)NC1=O. The van der Waals surface area contributed by atoms with Crippen molar-refractivity contribution >= 4 is 17.9 Å². The predicted molar refractivity (Wildman–Crippen MR) is 37.3 cm³/mol. The topological polar surface area (TPSA) is 86.7 Å². The number of carboxylic acids is 1. The molecule has 3 amide bonds. The van der Waals surface area contributed by atoms with Crippen LogP contribution in [0.3, 0.4) is 0 Å². The molecule has 1 saturated heterocycles. The van der Waals surface area contributed by atoms with E-state index in [0.29, 0.717) is 0 Å². The van der Waals surface area contributed by atoms with Gasteiger partial charge in [0.15, 0.2) is 0 Å². The third-order valence-electron chi connectivity index (χ3n) is 1.65. The molecule has 1 aliphatic rings. The van der Waals surface area contributed by atoms with E-state index in [1.165, 1.54) is 6.92 Å². The third kappa shape index (κ3) is 1.36. The van der Waals surface area contributed by atoms with E-state index in [2.05, 4.69) is 0 Å². The molecule has 6 heteroatoms. The second-order valence-corrected chi connectivity index (χ2v) is 2.50. The number of nitrogens with one attached hydrogen (secondary N) is 1. The zero-order valence-electron chi connectivity index (χ0n) is 6.40. The summed E-state index contributed by atoms with van der Waals surface area (Å²) in [5.74, 6) is -1.59. The van der Waals surface area contributed by atoms with Crippen LogP contribution < -0.4 is 5.32 Å². The molecule has 0 spiro atoms. The number of hydrogen-bond acceptors (Lipinski definition) is 3. The van der Waals surface area contributed by atoms with Gasteiger partial charge in [0.2, 0.25) is 5.91 Å². The first kappa shape index (κ1) is 8.51. The van der Waals surface area contributed by atoms with Gasteiger partial charge >= 0.3 is 12.0 Å². The summed E-state index contributed by atoms with van der Waals surface area (Å²) in [5.41, 5.74) is 0. The van der Waals surface area contributed by atoms with Gasteiger partial charge in [0.1, 0.15) is 12.6 Å². The van der Waals surface area contributed by atoms with E-state index >= 15 is 0 Å². The van der Waals surface area contributed by atoms with E-state index in [9.17, 15) is 14.4 Å². The lowest BCUT2D eigenvalue weighted by atomic mass is 10.3. The number of amides is 3. The van der Waals surface area contributed by atoms with Crippen LogP contribution in [0.4, 0.5) is 4.79 Å². The van der Waals surface area contributed by atoms with Crippen LogP contribution in [0.5, 0.6) is 0 Å². The zero-order valence-corrected chi connectivity index (χ0v) is 6.40. The van der Waals surface area contributed by atoms with Gasteiger partial charge in [-0.3, -0.25) is 10.1 Å². The summed E-state index contributed by atoms with van der Waals surface area (Å²) < 4.78 is 0. The molecule has 0 saturated carbocycles. The van der Waals surface area contributed by atoms with Gasteiger partial charge in [0.05, 0.1) is 0 Å². The molecule has 2 N–H and O–H groups in total. The highest BCUT2D eigenvalue weighted by Gasteiger charge is 2.33. The second-order valence-electron chi connectivity index (χ2n) is 2.50. The maximum Gasteiger partial charge on any atom is 0.326 e. The molecule has 0 bridgehead atoms. The van der Waals surface area contributed by atoms with E-state index < -0.39 is 23.9 Å². The van der Waals surface area contributed by atoms with Crippen molar-refractivity contribution in [2.75, 3.05) is 6.54 Å². The van der Waals surface area contributed by atoms with Gasteiger partial charge in [0, 0.05) is 0 Å². The quantitative estimate of drug-likeness (QED) is 0.523. The van der Waals surface area contributed by atoms with Crippen LogP contribution in [0.2, 0.25) is 0 Å². The Labute approximate surface area is 68.1 Å². The highest BCUT2D eigenvalue weighted by atomic mass is 16.4. The van der Waals surface area contributed by atoms with E-state index in [4.69, 9.17) is 5.11 Å². The summed E-state index contributed by atoms with van der Waals surface area (Å²) in [6, 6.07) is -1.61. The number of aliphatic carboxylic acids is 1. The van der Waals surface area contributed by atoms with Crippen LogP contribution in [0.15, 0.2) is 0 Å². The van der Waals surface area contributed by atoms with Crippen molar-refractivity contribution in [1.82, 2.24) is 10.2 Å². The average molecular weight is 172 g/mol. The minimum atomic E-state index is -1.13. The number of rotatable bonds is 2. The number of urea groups is 1. The lowest BCUT2D eigenvalue weighted by molar-refractivity contribution is -0.141. The number of imide groups is 1. The summed E-state index contributed by atoms with van der Waals surface area (Å²) in [6.45, 7) is 1.17. The van der Waals surface area contributed by atoms with Gasteiger partial charge < -0.3 is 10.0 Å². The van der Waals surface area contributed by atoms with E-state index in [1.54, 1.807) is 0 Å². The smallest absolute Gasteiger partial charge is 0.326 e. The molecule has 0 radical (unpaired) electrons. The Morgan fingerprint density at radius 2 is 2.25 bits per heavy atom. The molecule has 12 heavy (non-hydrogen) atoms. The minimum absolute atomic E-state index is 0.174. The summed E-state index contributed by atoms with van der Waals surface area (Å²) in [5, 5.41) is 10.5. The number of nitrogens with zero attached hydrogens (tertiary/aromatic N) is 1. The molecule has 1 fully saturated rings. The zero-order chi connectivity index (χ0) is 9.30. The van der Waals surface area contributed by atoms with Crippen molar-refractivity contribution in [3.8, 4) is 0 Å². The molecule has 0 aromatic carbocycles. The molecular formula is C6H8N2O4. The molecular weight excluding hydrogens is 164 g/mol. The molecule has 1 rings (SSSR count). The third-order valence-corrected chi connectivity index (χ3v) is 1.65. The maximum absolute atomic E-state index is 10.9. The van der Waals surface area contributed by atoms with Gasteiger partial charge in [-0.25, -0.2) is 9.59 Å². The van der Waals surface area contributed by atoms with Gasteiger partial charge in [-0.1, -0.05) is 0 Å². The number of carbonyl (C=O) groups is 3. The molecule has 1 heterocycles. The van der Waals surface area contributed by atoms with Gasteiger partial charge in [-0.05, 0) is 6.92 Å². The lowest BCUT2D eigenvalue weighted by Crippen LogP contribution is -2.40. The van der Waals surface area contributed by atoms with Crippen LogP contribution in [0.25, 0.3) is 0 Å². The van der Waals surface area contributed by atoms with Crippen LogP contribution in [0.1, 0.15) is 6.92 Å². The van der Waals surface area contributed by atoms with Crippen molar-refractivity contribution in [2.45, 2.75) is 13.0 Å². The van der Waals surface area contributed by atoms with Gasteiger partial charge in [-0.15, -0.1) is 0 Å². The van der Waals surface area contributed by atoms with Crippen molar-refractivity contribution < 1.29 is 19.5 Å². The van der Waals surface area contributed by atoms with Crippen LogP contribution in [-0.2, 0) is 9.59 Å². The van der Waals surface area contributed by atoms with E-state index in [-0.39, 0.29) is 6.54 Å². The van der Waals surface area contributed by atoms with Crippen molar-refractivity contribution in [1.29, 1.82) is 0 Å². The van der Waals surface area contributed by atoms with Crippen LogP contribution >= 0.6 is 0 Å². The molecule has 1 aliphatic heterocycles. The Balaban J connectivity index is 2.70. The van der Waals surface area contributed by atoms with Crippen LogP contribution in [0, 0.1) is 0 Å². The molecule has 0 aromatic rings. The summed E-state index contributed by atoms with van der Waals surface area (Å²) in [7, 11) is 0. The Morgan fingerprint density at radius 3 is 2.58 bits per heavy atom. The average Bonchev–Trinajstić information content (AvgIpc) is 2.28. The molecule has 0 aromatic heterocycles. The fourth-order valence-electron chi connectivity index (χ4n) is 0.903. The van der Waals surface area contributed by atoms with Crippen molar-refractivity contribution in [3.05, 3.63) is 0 Å². The monoisotopic (exact) mass is 172 g/mol. The highest BCUT2D eigenvalue weighted by molar-refractivity contribution is 6.03. The summed E-state index contributed by atoms with van der Waals surface area (Å²) in [6.07, 6.45) is 0. The first-order chi connectivity index (χ1) is 5.52. The van der Waals surface area contributed by atoms with Gasteiger partial charge in [-0.2, -0.15) is 0 Å². The Hall–Kier alpha value is -1.59. The maximum atomic E-state index is 10.9. The van der Waals surface area contributed by atoms with Crippen molar-refractivity contribution in [3.63, 3.8) is 0 Å². The Morgan fingerprint density at radius 1 is 1.67 bits per heavy atom. The molecule has 0 aliphatic carbocycles. The molecule has 1 atom stereocenters. The van der Waals surface area contributed by atoms with E-state index in [1.807, 2.05) is 5.32 Å². The largest absolute Gasteiger partial charge is 0.480 e. The number of hydrogen-bond donors (Lipinski definition) is 2. The predicted octanol–water partition coefficient (Wildman–Crippen LogP) is -0.989. The second kappa shape index (κ2) is 2.80. The first-order valence-corrected chi connectivity index (χ1v) is 3.35. The lowest BCUT2D eigenvalue weighted by Gasteiger charge is -2.17. The van der Waals surface area contributed by atoms with Crippen molar-refractivity contribution in [2.24, 2.45) is 0 Å². The normalized spacial score (nSPS) is 19.2. The summed E-state index contributed by atoms with van der Waals surface area (Å²) >= 11 is 0. The fraction of sp³-hybridized carbons (Fsp3) is 0.500. The highest BCUT2D eigenvalue weighted by Crippen LogP contribution is 2.04. The Bertz CT molecular complexity index is 250.